The topological polar surface area (TPSA) is 70.8 Å². The SMILES string of the molecule is N#Cc1c(S(=O)(=O)Cl)ncc(C(F)F)c1F. The normalized spacial score (nSPS) is 11.5. The molecule has 0 saturated heterocycles. The Morgan fingerprint density at radius 2 is 2.06 bits per heavy atom. The zero-order valence-electron chi connectivity index (χ0n) is 7.29. The van der Waals surface area contributed by atoms with Gasteiger partial charge in [0.1, 0.15) is 11.6 Å². The Balaban J connectivity index is 3.62. The number of hydrogen-bond acceptors (Lipinski definition) is 4. The van der Waals surface area contributed by atoms with Gasteiger partial charge in [0, 0.05) is 16.9 Å². The van der Waals surface area contributed by atoms with E-state index < -0.39 is 37.4 Å². The summed E-state index contributed by atoms with van der Waals surface area (Å²) in [5, 5.41) is 7.40. The lowest BCUT2D eigenvalue weighted by Gasteiger charge is -2.04. The van der Waals surface area contributed by atoms with E-state index in [1.54, 1.807) is 0 Å². The van der Waals surface area contributed by atoms with Gasteiger partial charge in [-0.1, -0.05) is 0 Å². The van der Waals surface area contributed by atoms with E-state index in [-0.39, 0.29) is 0 Å². The van der Waals surface area contributed by atoms with Gasteiger partial charge in [-0.25, -0.2) is 26.6 Å². The predicted octanol–water partition coefficient (Wildman–Crippen LogP) is 1.96. The van der Waals surface area contributed by atoms with E-state index in [9.17, 15) is 21.6 Å². The minimum absolute atomic E-state index is 0.329. The fraction of sp³-hybridized carbons (Fsp3) is 0.143. The molecule has 0 unspecified atom stereocenters. The molecule has 0 amide bonds. The summed E-state index contributed by atoms with van der Waals surface area (Å²) in [7, 11) is 0.394. The molecule has 0 aliphatic heterocycles. The minimum atomic E-state index is -4.46. The second kappa shape index (κ2) is 4.27. The van der Waals surface area contributed by atoms with Crippen molar-refractivity contribution in [2.75, 3.05) is 0 Å². The fourth-order valence-electron chi connectivity index (χ4n) is 0.922. The average Bonchev–Trinajstić information content (AvgIpc) is 2.15. The van der Waals surface area contributed by atoms with Gasteiger partial charge in [0.15, 0.2) is 10.8 Å². The van der Waals surface area contributed by atoms with Gasteiger partial charge in [-0.2, -0.15) is 5.26 Å². The molecule has 4 nitrogen and oxygen atoms in total. The van der Waals surface area contributed by atoms with Crippen molar-refractivity contribution in [1.29, 1.82) is 5.26 Å². The van der Waals surface area contributed by atoms with Crippen molar-refractivity contribution in [3.8, 4) is 6.07 Å². The number of rotatable bonds is 2. The van der Waals surface area contributed by atoms with E-state index in [1.165, 1.54) is 0 Å². The van der Waals surface area contributed by atoms with Crippen molar-refractivity contribution in [3.05, 3.63) is 23.1 Å². The van der Waals surface area contributed by atoms with Crippen LogP contribution in [0.5, 0.6) is 0 Å². The first-order valence-corrected chi connectivity index (χ1v) is 5.91. The zero-order chi connectivity index (χ0) is 12.5. The summed E-state index contributed by atoms with van der Waals surface area (Å²) in [6, 6.07) is 1.13. The molecule has 1 heterocycles. The van der Waals surface area contributed by atoms with Gasteiger partial charge in [-0.05, 0) is 0 Å². The van der Waals surface area contributed by atoms with Crippen LogP contribution in [0.15, 0.2) is 11.2 Å². The highest BCUT2D eigenvalue weighted by molar-refractivity contribution is 8.13. The van der Waals surface area contributed by atoms with Crippen LogP contribution in [-0.4, -0.2) is 13.4 Å². The Bertz CT molecular complexity index is 568. The molecule has 86 valence electrons. The van der Waals surface area contributed by atoms with E-state index in [0.29, 0.717) is 6.20 Å². The summed E-state index contributed by atoms with van der Waals surface area (Å²) < 4.78 is 59.3. The average molecular weight is 271 g/mol. The number of nitrogens with zero attached hydrogens (tertiary/aromatic N) is 2. The largest absolute Gasteiger partial charge is 0.280 e. The molecule has 16 heavy (non-hydrogen) atoms. The van der Waals surface area contributed by atoms with Crippen molar-refractivity contribution in [1.82, 2.24) is 4.98 Å². The van der Waals surface area contributed by atoms with Crippen molar-refractivity contribution in [2.24, 2.45) is 0 Å². The minimum Gasteiger partial charge on any atom is -0.242 e. The van der Waals surface area contributed by atoms with Crippen LogP contribution in [-0.2, 0) is 9.05 Å². The second-order valence-electron chi connectivity index (χ2n) is 2.56. The molecule has 0 fully saturated rings. The van der Waals surface area contributed by atoms with Crippen molar-refractivity contribution in [3.63, 3.8) is 0 Å². The molecule has 0 bridgehead atoms. The highest BCUT2D eigenvalue weighted by atomic mass is 35.7. The van der Waals surface area contributed by atoms with E-state index >= 15 is 0 Å². The van der Waals surface area contributed by atoms with Crippen LogP contribution in [0.25, 0.3) is 0 Å². The van der Waals surface area contributed by atoms with Crippen LogP contribution in [0.4, 0.5) is 13.2 Å². The summed E-state index contributed by atoms with van der Waals surface area (Å²) in [6.45, 7) is 0. The van der Waals surface area contributed by atoms with Gasteiger partial charge in [0.2, 0.25) is 0 Å². The number of alkyl halides is 2. The lowest BCUT2D eigenvalue weighted by Crippen LogP contribution is -2.05. The molecule has 1 aromatic rings. The first-order chi connectivity index (χ1) is 7.29. The third kappa shape index (κ3) is 2.25. The maximum Gasteiger partial charge on any atom is 0.280 e. The monoisotopic (exact) mass is 270 g/mol. The molecule has 0 aromatic carbocycles. The van der Waals surface area contributed by atoms with Crippen LogP contribution in [0.2, 0.25) is 0 Å². The van der Waals surface area contributed by atoms with E-state index in [1.807, 2.05) is 0 Å². The smallest absolute Gasteiger partial charge is 0.242 e. The molecule has 1 rings (SSSR count). The second-order valence-corrected chi connectivity index (χ2v) is 5.04. The van der Waals surface area contributed by atoms with Crippen molar-refractivity contribution >= 4 is 19.7 Å². The first kappa shape index (κ1) is 12.7. The maximum atomic E-state index is 13.2. The number of pyridine rings is 1. The van der Waals surface area contributed by atoms with Crippen LogP contribution < -0.4 is 0 Å². The molecule has 9 heteroatoms. The third-order valence-electron chi connectivity index (χ3n) is 1.59. The summed E-state index contributed by atoms with van der Waals surface area (Å²) in [4.78, 5) is 3.04. The summed E-state index contributed by atoms with van der Waals surface area (Å²) in [5.74, 6) is -1.63. The molecule has 0 N–H and O–H groups in total. The lowest BCUT2D eigenvalue weighted by atomic mass is 10.2. The highest BCUT2D eigenvalue weighted by Gasteiger charge is 2.26. The van der Waals surface area contributed by atoms with Gasteiger partial charge in [0.05, 0.1) is 5.56 Å². The van der Waals surface area contributed by atoms with Crippen LogP contribution in [0, 0.1) is 17.1 Å². The number of halogens is 4. The Kier molecular flexibility index (Phi) is 3.40. The molecule has 0 spiro atoms. The van der Waals surface area contributed by atoms with Crippen molar-refractivity contribution in [2.45, 2.75) is 11.5 Å². The fourth-order valence-corrected chi connectivity index (χ4v) is 1.83. The summed E-state index contributed by atoms with van der Waals surface area (Å²) >= 11 is 0. The molecular formula is C7H2ClF3N2O2S. The number of hydrogen-bond donors (Lipinski definition) is 0. The van der Waals surface area contributed by atoms with Gasteiger partial charge in [-0.15, -0.1) is 0 Å². The van der Waals surface area contributed by atoms with Crippen LogP contribution >= 0.6 is 10.7 Å². The summed E-state index contributed by atoms with van der Waals surface area (Å²) in [5.41, 5.74) is -2.27. The standard InChI is InChI=1S/C7H2ClF3N2O2S/c8-16(14,15)7-3(1-12)5(9)4(2-13-7)6(10)11/h2,6H. The molecule has 0 aliphatic rings. The van der Waals surface area contributed by atoms with E-state index in [0.717, 1.165) is 6.07 Å². The Morgan fingerprint density at radius 1 is 1.50 bits per heavy atom. The van der Waals surface area contributed by atoms with Gasteiger partial charge in [-0.3, -0.25) is 0 Å². The van der Waals surface area contributed by atoms with Crippen LogP contribution in [0.3, 0.4) is 0 Å². The summed E-state index contributed by atoms with van der Waals surface area (Å²) in [6.07, 6.45) is -2.87. The zero-order valence-corrected chi connectivity index (χ0v) is 8.86. The first-order valence-electron chi connectivity index (χ1n) is 3.60. The molecule has 1 aromatic heterocycles. The molecule has 0 aliphatic carbocycles. The van der Waals surface area contributed by atoms with E-state index in [4.69, 9.17) is 15.9 Å². The lowest BCUT2D eigenvalue weighted by molar-refractivity contribution is 0.145. The molecule has 0 radical (unpaired) electrons. The molecule has 0 atom stereocenters. The maximum absolute atomic E-state index is 13.2. The highest BCUT2D eigenvalue weighted by Crippen LogP contribution is 2.27. The van der Waals surface area contributed by atoms with Gasteiger partial charge >= 0.3 is 0 Å². The quantitative estimate of drug-likeness (QED) is 0.770. The predicted molar refractivity (Wildman–Crippen MR) is 46.9 cm³/mol. The van der Waals surface area contributed by atoms with E-state index in [2.05, 4.69) is 4.98 Å². The Hall–Kier alpha value is -1.33. The molecular weight excluding hydrogens is 269 g/mol. The Labute approximate surface area is 92.7 Å². The van der Waals surface area contributed by atoms with Gasteiger partial charge in [0.25, 0.3) is 15.5 Å². The number of nitriles is 1. The Morgan fingerprint density at radius 3 is 2.44 bits per heavy atom. The molecule has 0 saturated carbocycles. The van der Waals surface area contributed by atoms with Crippen molar-refractivity contribution < 1.29 is 21.6 Å². The van der Waals surface area contributed by atoms with Crippen LogP contribution in [0.1, 0.15) is 17.6 Å². The third-order valence-corrected chi connectivity index (χ3v) is 2.80. The van der Waals surface area contributed by atoms with Gasteiger partial charge < -0.3 is 0 Å². The number of aromatic nitrogens is 1.